The van der Waals surface area contributed by atoms with Crippen LogP contribution >= 0.6 is 12.2 Å². The average molecular weight is 351 g/mol. The molecule has 1 heterocycles. The van der Waals surface area contributed by atoms with E-state index in [-0.39, 0.29) is 5.91 Å². The summed E-state index contributed by atoms with van der Waals surface area (Å²) in [6.45, 7) is 2.78. The molecular weight excluding hydrogens is 330 g/mol. The number of hydrogen-bond donors (Lipinski definition) is 2. The van der Waals surface area contributed by atoms with E-state index in [4.69, 9.17) is 12.2 Å². The van der Waals surface area contributed by atoms with E-state index in [2.05, 4.69) is 29.4 Å². The maximum atomic E-state index is 12.6. The minimum absolute atomic E-state index is 0.128. The fourth-order valence-electron chi connectivity index (χ4n) is 2.81. The zero-order valence-corrected chi connectivity index (χ0v) is 14.9. The van der Waals surface area contributed by atoms with Crippen LogP contribution in [0.5, 0.6) is 0 Å². The molecule has 0 saturated carbocycles. The lowest BCUT2D eigenvalue weighted by molar-refractivity contribution is 0.0945. The van der Waals surface area contributed by atoms with Crippen molar-refractivity contribution in [3.05, 3.63) is 82.9 Å². The molecule has 1 unspecified atom stereocenters. The molecule has 1 amide bonds. The molecule has 128 valence electrons. The number of para-hydroxylation sites is 1. The Kier molecular flexibility index (Phi) is 5.46. The molecule has 0 aliphatic heterocycles. The molecule has 2 aromatic carbocycles. The Morgan fingerprint density at radius 1 is 1.12 bits per heavy atom. The van der Waals surface area contributed by atoms with E-state index in [0.717, 1.165) is 12.1 Å². The molecule has 0 fully saturated rings. The van der Waals surface area contributed by atoms with E-state index in [1.807, 2.05) is 48.5 Å². The molecular formula is C20H21N3OS. The number of carbonyl (C=O) groups is 1. The van der Waals surface area contributed by atoms with Gasteiger partial charge in [-0.25, -0.2) is 0 Å². The number of carbonyl (C=O) groups excluding carboxylic acids is 1. The van der Waals surface area contributed by atoms with E-state index in [1.54, 1.807) is 10.8 Å². The summed E-state index contributed by atoms with van der Waals surface area (Å²) in [7, 11) is 0. The van der Waals surface area contributed by atoms with Crippen LogP contribution in [0.1, 0.15) is 35.3 Å². The van der Waals surface area contributed by atoms with E-state index in [9.17, 15) is 4.79 Å². The Hall–Kier alpha value is -2.66. The third-order valence-electron chi connectivity index (χ3n) is 4.25. The lowest BCUT2D eigenvalue weighted by atomic mass is 9.98. The van der Waals surface area contributed by atoms with Crippen LogP contribution in [0.3, 0.4) is 0 Å². The summed E-state index contributed by atoms with van der Waals surface area (Å²) in [4.78, 5) is 15.5. The predicted molar refractivity (Wildman–Crippen MR) is 103 cm³/mol. The summed E-state index contributed by atoms with van der Waals surface area (Å²) in [5.41, 5.74) is 2.67. The minimum atomic E-state index is -0.128. The predicted octanol–water partition coefficient (Wildman–Crippen LogP) is 4.46. The lowest BCUT2D eigenvalue weighted by Crippen LogP contribution is -2.27. The molecule has 2 N–H and O–H groups in total. The van der Waals surface area contributed by atoms with E-state index in [0.29, 0.717) is 22.9 Å². The Balaban J connectivity index is 1.66. The Labute approximate surface area is 152 Å². The van der Waals surface area contributed by atoms with Crippen molar-refractivity contribution in [3.8, 4) is 5.69 Å². The highest BCUT2D eigenvalue weighted by Crippen LogP contribution is 2.18. The number of hydrogen-bond acceptors (Lipinski definition) is 2. The van der Waals surface area contributed by atoms with Gasteiger partial charge in [0.15, 0.2) is 4.77 Å². The first-order valence-corrected chi connectivity index (χ1v) is 8.76. The van der Waals surface area contributed by atoms with Gasteiger partial charge in [0.05, 0.1) is 0 Å². The van der Waals surface area contributed by atoms with E-state index >= 15 is 0 Å². The SMILES string of the molecule is CC(CCNC(=O)c1c[nH]c(=S)n1-c1ccccc1)c1ccccc1. The van der Waals surface area contributed by atoms with Gasteiger partial charge in [0, 0.05) is 18.4 Å². The van der Waals surface area contributed by atoms with Crippen LogP contribution in [-0.4, -0.2) is 22.0 Å². The van der Waals surface area contributed by atoms with Crippen molar-refractivity contribution in [1.29, 1.82) is 0 Å². The number of nitrogens with zero attached hydrogens (tertiary/aromatic N) is 1. The van der Waals surface area contributed by atoms with Gasteiger partial charge in [-0.3, -0.25) is 9.36 Å². The molecule has 5 heteroatoms. The van der Waals surface area contributed by atoms with Crippen molar-refractivity contribution in [1.82, 2.24) is 14.9 Å². The normalized spacial score (nSPS) is 11.9. The molecule has 3 aromatic rings. The van der Waals surface area contributed by atoms with E-state index in [1.165, 1.54) is 5.56 Å². The third-order valence-corrected chi connectivity index (χ3v) is 4.56. The number of rotatable bonds is 6. The number of H-pyrrole nitrogens is 1. The largest absolute Gasteiger partial charge is 0.351 e. The summed E-state index contributed by atoms with van der Waals surface area (Å²) >= 11 is 5.32. The van der Waals surface area contributed by atoms with Crippen LogP contribution < -0.4 is 5.32 Å². The summed E-state index contributed by atoms with van der Waals surface area (Å²) in [6, 6.07) is 20.0. The van der Waals surface area contributed by atoms with Gasteiger partial charge in [-0.2, -0.15) is 0 Å². The molecule has 1 aromatic heterocycles. The molecule has 25 heavy (non-hydrogen) atoms. The third kappa shape index (κ3) is 4.06. The number of benzene rings is 2. The first-order chi connectivity index (χ1) is 12.2. The van der Waals surface area contributed by atoms with Crippen molar-refractivity contribution in [2.75, 3.05) is 6.54 Å². The highest BCUT2D eigenvalue weighted by molar-refractivity contribution is 7.71. The van der Waals surface area contributed by atoms with Crippen molar-refractivity contribution in [3.63, 3.8) is 0 Å². The molecule has 0 spiro atoms. The van der Waals surface area contributed by atoms with Crippen LogP contribution in [0.4, 0.5) is 0 Å². The molecule has 0 aliphatic rings. The number of imidazole rings is 1. The van der Waals surface area contributed by atoms with Gasteiger partial charge in [-0.05, 0) is 42.3 Å². The molecule has 0 bridgehead atoms. The van der Waals surface area contributed by atoms with Crippen molar-refractivity contribution < 1.29 is 4.79 Å². The van der Waals surface area contributed by atoms with Gasteiger partial charge in [0.25, 0.3) is 5.91 Å². The van der Waals surface area contributed by atoms with Gasteiger partial charge in [-0.15, -0.1) is 0 Å². The van der Waals surface area contributed by atoms with Crippen LogP contribution in [0.2, 0.25) is 0 Å². The van der Waals surface area contributed by atoms with Gasteiger partial charge in [-0.1, -0.05) is 55.5 Å². The van der Waals surface area contributed by atoms with Crippen molar-refractivity contribution in [2.24, 2.45) is 0 Å². The monoisotopic (exact) mass is 351 g/mol. The summed E-state index contributed by atoms with van der Waals surface area (Å²) < 4.78 is 2.26. The standard InChI is InChI=1S/C20H21N3OS/c1-15(16-8-4-2-5-9-16)12-13-21-19(24)18-14-22-20(25)23(18)17-10-6-3-7-11-17/h2-11,14-15H,12-13H2,1H3,(H,21,24)(H,22,25). The van der Waals surface area contributed by atoms with Crippen LogP contribution in [-0.2, 0) is 0 Å². The fraction of sp³-hybridized carbons (Fsp3) is 0.200. The maximum Gasteiger partial charge on any atom is 0.269 e. The number of nitrogens with one attached hydrogen (secondary N) is 2. The lowest BCUT2D eigenvalue weighted by Gasteiger charge is -2.13. The van der Waals surface area contributed by atoms with Crippen molar-refractivity contribution in [2.45, 2.75) is 19.3 Å². The topological polar surface area (TPSA) is 49.8 Å². The quantitative estimate of drug-likeness (QED) is 0.644. The van der Waals surface area contributed by atoms with Gasteiger partial charge >= 0.3 is 0 Å². The second-order valence-corrected chi connectivity index (χ2v) is 6.39. The average Bonchev–Trinajstić information content (AvgIpc) is 3.04. The van der Waals surface area contributed by atoms with Gasteiger partial charge in [0.1, 0.15) is 5.69 Å². The first kappa shape index (κ1) is 17.2. The number of aromatic nitrogens is 2. The molecule has 3 rings (SSSR count). The zero-order chi connectivity index (χ0) is 17.6. The highest BCUT2D eigenvalue weighted by Gasteiger charge is 2.14. The maximum absolute atomic E-state index is 12.6. The smallest absolute Gasteiger partial charge is 0.269 e. The molecule has 1 atom stereocenters. The molecule has 0 radical (unpaired) electrons. The molecule has 0 aliphatic carbocycles. The highest BCUT2D eigenvalue weighted by atomic mass is 32.1. The zero-order valence-electron chi connectivity index (χ0n) is 14.1. The summed E-state index contributed by atoms with van der Waals surface area (Å²) in [5, 5.41) is 3.00. The van der Waals surface area contributed by atoms with Crippen LogP contribution in [0.15, 0.2) is 66.9 Å². The van der Waals surface area contributed by atoms with Crippen LogP contribution in [0.25, 0.3) is 5.69 Å². The summed E-state index contributed by atoms with van der Waals surface area (Å²) in [5.74, 6) is 0.264. The minimum Gasteiger partial charge on any atom is -0.351 e. The Morgan fingerprint density at radius 2 is 1.76 bits per heavy atom. The molecule has 4 nitrogen and oxygen atoms in total. The second-order valence-electron chi connectivity index (χ2n) is 6.01. The Bertz CT molecular complexity index is 884. The first-order valence-electron chi connectivity index (χ1n) is 8.36. The Morgan fingerprint density at radius 3 is 2.44 bits per heavy atom. The van der Waals surface area contributed by atoms with Crippen molar-refractivity contribution >= 4 is 18.1 Å². The van der Waals surface area contributed by atoms with E-state index < -0.39 is 0 Å². The van der Waals surface area contributed by atoms with Crippen LogP contribution in [0, 0.1) is 4.77 Å². The summed E-state index contributed by atoms with van der Waals surface area (Å²) in [6.07, 6.45) is 2.54. The van der Waals surface area contributed by atoms with Gasteiger partial charge in [0.2, 0.25) is 0 Å². The second kappa shape index (κ2) is 7.94. The number of amides is 1. The number of aromatic amines is 1. The molecule has 0 saturated heterocycles. The van der Waals surface area contributed by atoms with Gasteiger partial charge < -0.3 is 10.3 Å². The fourth-order valence-corrected chi connectivity index (χ4v) is 3.07.